The molecule has 1 saturated heterocycles. The molecule has 1 heterocycles. The molecule has 0 aliphatic carbocycles. The first-order chi connectivity index (χ1) is 9.97. The summed E-state index contributed by atoms with van der Waals surface area (Å²) < 4.78 is 28.8. The van der Waals surface area contributed by atoms with E-state index in [4.69, 9.17) is 0 Å². The van der Waals surface area contributed by atoms with Crippen LogP contribution in [-0.2, 0) is 0 Å². The van der Waals surface area contributed by atoms with Crippen molar-refractivity contribution >= 4 is 29.9 Å². The van der Waals surface area contributed by atoms with Crippen LogP contribution in [0.2, 0.25) is 0 Å². The van der Waals surface area contributed by atoms with Gasteiger partial charge in [-0.25, -0.2) is 0 Å². The predicted octanol–water partition coefficient (Wildman–Crippen LogP) is 3.07. The lowest BCUT2D eigenvalue weighted by Gasteiger charge is -2.35. The number of carbonyl (C=O) groups excluding carboxylic acids is 1. The van der Waals surface area contributed by atoms with E-state index >= 15 is 0 Å². The zero-order valence-corrected chi connectivity index (χ0v) is 15.0. The van der Waals surface area contributed by atoms with E-state index in [0.29, 0.717) is 5.56 Å². The maximum absolute atomic E-state index is 12.4. The van der Waals surface area contributed by atoms with Crippen LogP contribution in [0.25, 0.3) is 0 Å². The van der Waals surface area contributed by atoms with E-state index < -0.39 is 6.61 Å². The molecule has 0 atom stereocenters. The molecule has 0 unspecified atom stereocenters. The summed E-state index contributed by atoms with van der Waals surface area (Å²) in [5, 5.41) is 0. The number of alkyl halides is 2. The second-order valence-corrected chi connectivity index (χ2v) is 5.36. The molecule has 0 bridgehead atoms. The maximum atomic E-state index is 12.4. The third-order valence-electron chi connectivity index (χ3n) is 3.86. The first-order valence-corrected chi connectivity index (χ1v) is 6.98. The molecular formula is C15H21F2IN2O2. The number of amides is 1. The number of halogens is 3. The van der Waals surface area contributed by atoms with Crippen LogP contribution in [-0.4, -0.2) is 55.5 Å². The van der Waals surface area contributed by atoms with E-state index in [1.54, 1.807) is 24.1 Å². The highest BCUT2D eigenvalue weighted by atomic mass is 127. The lowest BCUT2D eigenvalue weighted by molar-refractivity contribution is -0.0499. The van der Waals surface area contributed by atoms with Gasteiger partial charge in [-0.3, -0.25) is 4.79 Å². The molecule has 7 heteroatoms. The van der Waals surface area contributed by atoms with Crippen LogP contribution in [0.15, 0.2) is 24.3 Å². The topological polar surface area (TPSA) is 32.8 Å². The van der Waals surface area contributed by atoms with Gasteiger partial charge in [0.1, 0.15) is 5.75 Å². The van der Waals surface area contributed by atoms with E-state index in [2.05, 4.69) is 16.7 Å². The smallest absolute Gasteiger partial charge is 0.387 e. The fourth-order valence-electron chi connectivity index (χ4n) is 2.56. The van der Waals surface area contributed by atoms with Crippen molar-refractivity contribution in [1.29, 1.82) is 0 Å². The fourth-order valence-corrected chi connectivity index (χ4v) is 2.56. The van der Waals surface area contributed by atoms with Crippen molar-refractivity contribution in [2.45, 2.75) is 25.5 Å². The van der Waals surface area contributed by atoms with Crippen LogP contribution in [0, 0.1) is 0 Å². The Kier molecular flexibility index (Phi) is 7.47. The van der Waals surface area contributed by atoms with Gasteiger partial charge >= 0.3 is 6.61 Å². The molecule has 1 fully saturated rings. The normalized spacial score (nSPS) is 16.2. The van der Waals surface area contributed by atoms with Gasteiger partial charge in [-0.1, -0.05) is 6.07 Å². The largest absolute Gasteiger partial charge is 0.435 e. The van der Waals surface area contributed by atoms with Gasteiger partial charge in [0.05, 0.1) is 0 Å². The highest BCUT2D eigenvalue weighted by Crippen LogP contribution is 2.20. The van der Waals surface area contributed by atoms with Crippen LogP contribution in [0.1, 0.15) is 23.2 Å². The predicted molar refractivity (Wildman–Crippen MR) is 91.1 cm³/mol. The van der Waals surface area contributed by atoms with Crippen molar-refractivity contribution in [3.05, 3.63) is 29.8 Å². The second-order valence-electron chi connectivity index (χ2n) is 5.36. The summed E-state index contributed by atoms with van der Waals surface area (Å²) in [6.07, 6.45) is 1.85. The summed E-state index contributed by atoms with van der Waals surface area (Å²) in [6.45, 7) is -0.977. The highest BCUT2D eigenvalue weighted by Gasteiger charge is 2.24. The van der Waals surface area contributed by atoms with Crippen molar-refractivity contribution in [2.24, 2.45) is 0 Å². The zero-order valence-electron chi connectivity index (χ0n) is 12.7. The second kappa shape index (κ2) is 8.61. The Morgan fingerprint density at radius 3 is 2.59 bits per heavy atom. The number of piperidine rings is 1. The average molecular weight is 426 g/mol. The standard InChI is InChI=1S/C15H20F2N2O2.HI/c1-18-8-6-12(7-9-18)19(2)14(20)11-4-3-5-13(10-11)21-15(16)17;/h3-5,10,12,15H,6-9H2,1-2H3;1H. The highest BCUT2D eigenvalue weighted by molar-refractivity contribution is 14.0. The number of carbonyl (C=O) groups is 1. The van der Waals surface area contributed by atoms with Crippen molar-refractivity contribution in [3.8, 4) is 5.75 Å². The Morgan fingerprint density at radius 2 is 2.00 bits per heavy atom. The van der Waals surface area contributed by atoms with E-state index in [1.807, 2.05) is 0 Å². The van der Waals surface area contributed by atoms with Gasteiger partial charge < -0.3 is 14.5 Å². The summed E-state index contributed by atoms with van der Waals surface area (Å²) in [7, 11) is 3.82. The third-order valence-corrected chi connectivity index (χ3v) is 3.86. The molecule has 0 radical (unpaired) electrons. The van der Waals surface area contributed by atoms with E-state index in [-0.39, 0.29) is 41.7 Å². The van der Waals surface area contributed by atoms with Gasteiger partial charge in [0.2, 0.25) is 0 Å². The number of nitrogens with zero attached hydrogens (tertiary/aromatic N) is 2. The molecule has 2 rings (SSSR count). The molecule has 0 N–H and O–H groups in total. The van der Waals surface area contributed by atoms with Crippen LogP contribution in [0.3, 0.4) is 0 Å². The van der Waals surface area contributed by atoms with E-state index in [1.165, 1.54) is 12.1 Å². The number of rotatable bonds is 4. The minimum Gasteiger partial charge on any atom is -0.435 e. The Labute approximate surface area is 146 Å². The molecule has 1 aliphatic heterocycles. The molecule has 0 saturated carbocycles. The first kappa shape index (κ1) is 19.1. The van der Waals surface area contributed by atoms with Crippen LogP contribution in [0.5, 0.6) is 5.75 Å². The summed E-state index contributed by atoms with van der Waals surface area (Å²) in [6, 6.07) is 6.13. The fraction of sp³-hybridized carbons (Fsp3) is 0.533. The summed E-state index contributed by atoms with van der Waals surface area (Å²) in [5.74, 6) is -0.156. The molecule has 4 nitrogen and oxygen atoms in total. The molecule has 22 heavy (non-hydrogen) atoms. The molecule has 1 aromatic rings. The van der Waals surface area contributed by atoms with E-state index in [0.717, 1.165) is 25.9 Å². The SMILES string of the molecule is CN1CCC(N(C)C(=O)c2cccc(OC(F)F)c2)CC1.I. The van der Waals surface area contributed by atoms with Crippen molar-refractivity contribution < 1.29 is 18.3 Å². The average Bonchev–Trinajstić information content (AvgIpc) is 2.46. The Bertz CT molecular complexity index is 494. The minimum atomic E-state index is -2.89. The van der Waals surface area contributed by atoms with Gasteiger partial charge in [0.15, 0.2) is 0 Å². The first-order valence-electron chi connectivity index (χ1n) is 6.98. The summed E-state index contributed by atoms with van der Waals surface area (Å²) in [5.41, 5.74) is 0.370. The monoisotopic (exact) mass is 426 g/mol. The lowest BCUT2D eigenvalue weighted by Crippen LogP contribution is -2.44. The molecule has 124 valence electrons. The van der Waals surface area contributed by atoms with Crippen molar-refractivity contribution in [2.75, 3.05) is 27.2 Å². The van der Waals surface area contributed by atoms with Crippen LogP contribution >= 0.6 is 24.0 Å². The molecule has 1 aromatic carbocycles. The number of benzene rings is 1. The Hall–Kier alpha value is -0.960. The zero-order chi connectivity index (χ0) is 15.4. The number of likely N-dealkylation sites (tertiary alicyclic amines) is 1. The molecule has 0 spiro atoms. The summed E-state index contributed by atoms with van der Waals surface area (Å²) in [4.78, 5) is 16.4. The summed E-state index contributed by atoms with van der Waals surface area (Å²) >= 11 is 0. The van der Waals surface area contributed by atoms with Gasteiger partial charge in [-0.2, -0.15) is 8.78 Å². The third kappa shape index (κ3) is 5.05. The molecule has 0 aromatic heterocycles. The molecular weight excluding hydrogens is 405 g/mol. The maximum Gasteiger partial charge on any atom is 0.387 e. The van der Waals surface area contributed by atoms with Gasteiger partial charge in [-0.05, 0) is 51.2 Å². The van der Waals surface area contributed by atoms with Crippen LogP contribution < -0.4 is 4.74 Å². The van der Waals surface area contributed by atoms with Gasteiger partial charge in [0.25, 0.3) is 5.91 Å². The Morgan fingerprint density at radius 1 is 1.36 bits per heavy atom. The number of ether oxygens (including phenoxy) is 1. The van der Waals surface area contributed by atoms with Crippen molar-refractivity contribution in [1.82, 2.24) is 9.80 Å². The van der Waals surface area contributed by atoms with Gasteiger partial charge in [0, 0.05) is 18.7 Å². The van der Waals surface area contributed by atoms with Gasteiger partial charge in [-0.15, -0.1) is 24.0 Å². The molecule has 1 aliphatic rings. The number of hydrogen-bond acceptors (Lipinski definition) is 3. The molecule has 1 amide bonds. The quantitative estimate of drug-likeness (QED) is 0.694. The van der Waals surface area contributed by atoms with Crippen molar-refractivity contribution in [3.63, 3.8) is 0 Å². The minimum absolute atomic E-state index is 0. The number of hydrogen-bond donors (Lipinski definition) is 0. The van der Waals surface area contributed by atoms with Crippen LogP contribution in [0.4, 0.5) is 8.78 Å². The lowest BCUT2D eigenvalue weighted by atomic mass is 10.0. The van der Waals surface area contributed by atoms with E-state index in [9.17, 15) is 13.6 Å². The Balaban J connectivity index is 0.00000242.